The van der Waals surface area contributed by atoms with Crippen molar-refractivity contribution in [1.29, 1.82) is 0 Å². The smallest absolute Gasteiger partial charge is 0.254 e. The summed E-state index contributed by atoms with van der Waals surface area (Å²) in [4.78, 5) is 12.3. The van der Waals surface area contributed by atoms with Crippen LogP contribution in [0.15, 0.2) is 29.1 Å². The zero-order chi connectivity index (χ0) is 16.4. The number of rotatable bonds is 6. The minimum absolute atomic E-state index is 0. The van der Waals surface area contributed by atoms with Gasteiger partial charge in [-0.05, 0) is 24.5 Å². The molecule has 0 spiro atoms. The van der Waals surface area contributed by atoms with Crippen LogP contribution >= 0.6 is 12.4 Å². The molecular formula is C18H25ClN2O3. The standard InChI is InChI=1S/C18H24N2O3.ClH/c1-12(2)19-10-14(21)11-23-16-9-17(22)20-8-4-6-13-5-3-7-15(16)18(13)20;/h3,5,7,9,12,14,19,21H,4,6,8,10-11H2,1-2H3;1H. The van der Waals surface area contributed by atoms with Crippen LogP contribution in [-0.4, -0.2) is 35.0 Å². The fourth-order valence-corrected chi connectivity index (χ4v) is 3.07. The predicted octanol–water partition coefficient (Wildman–Crippen LogP) is 2.11. The molecule has 132 valence electrons. The Morgan fingerprint density at radius 3 is 2.92 bits per heavy atom. The van der Waals surface area contributed by atoms with E-state index in [1.807, 2.05) is 30.5 Å². The van der Waals surface area contributed by atoms with Crippen molar-refractivity contribution in [3.63, 3.8) is 0 Å². The van der Waals surface area contributed by atoms with E-state index >= 15 is 0 Å². The molecule has 0 radical (unpaired) electrons. The number of pyridine rings is 1. The Balaban J connectivity index is 0.00000208. The summed E-state index contributed by atoms with van der Waals surface area (Å²) in [6.45, 7) is 5.45. The number of aryl methyl sites for hydroxylation is 2. The third-order valence-corrected chi connectivity index (χ3v) is 4.20. The average Bonchev–Trinajstić information content (AvgIpc) is 2.54. The lowest BCUT2D eigenvalue weighted by Crippen LogP contribution is -2.35. The first-order valence-electron chi connectivity index (χ1n) is 8.26. The number of nitrogens with one attached hydrogen (secondary N) is 1. The maximum Gasteiger partial charge on any atom is 0.254 e. The Morgan fingerprint density at radius 1 is 1.38 bits per heavy atom. The summed E-state index contributed by atoms with van der Waals surface area (Å²) in [5, 5.41) is 14.1. The van der Waals surface area contributed by atoms with E-state index in [1.165, 1.54) is 5.56 Å². The van der Waals surface area contributed by atoms with E-state index in [1.54, 1.807) is 6.07 Å². The van der Waals surface area contributed by atoms with Crippen molar-refractivity contribution in [3.8, 4) is 5.75 Å². The van der Waals surface area contributed by atoms with Gasteiger partial charge in [0.1, 0.15) is 18.5 Å². The van der Waals surface area contributed by atoms with Gasteiger partial charge in [0.15, 0.2) is 0 Å². The summed E-state index contributed by atoms with van der Waals surface area (Å²) in [6, 6.07) is 7.91. The number of aliphatic hydroxyl groups excluding tert-OH is 1. The van der Waals surface area contributed by atoms with Gasteiger partial charge in [-0.15, -0.1) is 12.4 Å². The summed E-state index contributed by atoms with van der Waals surface area (Å²) in [6.07, 6.45) is 1.37. The highest BCUT2D eigenvalue weighted by atomic mass is 35.5. The molecule has 2 aromatic rings. The van der Waals surface area contributed by atoms with E-state index in [9.17, 15) is 9.90 Å². The molecule has 1 unspecified atom stereocenters. The normalized spacial score (nSPS) is 14.5. The van der Waals surface area contributed by atoms with E-state index in [-0.39, 0.29) is 24.6 Å². The Labute approximate surface area is 148 Å². The summed E-state index contributed by atoms with van der Waals surface area (Å²) in [5.74, 6) is 0.564. The maximum atomic E-state index is 12.3. The van der Waals surface area contributed by atoms with Crippen LogP contribution < -0.4 is 15.6 Å². The highest BCUT2D eigenvalue weighted by Crippen LogP contribution is 2.29. The largest absolute Gasteiger partial charge is 0.490 e. The first-order chi connectivity index (χ1) is 11.1. The molecule has 6 heteroatoms. The second kappa shape index (κ2) is 8.01. The first-order valence-corrected chi connectivity index (χ1v) is 8.26. The fraction of sp³-hybridized carbons (Fsp3) is 0.500. The second-order valence-corrected chi connectivity index (χ2v) is 6.44. The van der Waals surface area contributed by atoms with Crippen LogP contribution in [0.4, 0.5) is 0 Å². The molecule has 1 aromatic carbocycles. The van der Waals surface area contributed by atoms with Gasteiger partial charge < -0.3 is 19.7 Å². The predicted molar refractivity (Wildman–Crippen MR) is 98.4 cm³/mol. The van der Waals surface area contributed by atoms with Gasteiger partial charge >= 0.3 is 0 Å². The van der Waals surface area contributed by atoms with Crippen LogP contribution in [0.25, 0.3) is 10.9 Å². The minimum Gasteiger partial charge on any atom is -0.490 e. The molecule has 1 aliphatic heterocycles. The molecule has 1 aliphatic rings. The average molecular weight is 353 g/mol. The van der Waals surface area contributed by atoms with Crippen molar-refractivity contribution in [3.05, 3.63) is 40.2 Å². The van der Waals surface area contributed by atoms with Crippen molar-refractivity contribution in [2.45, 2.75) is 45.4 Å². The van der Waals surface area contributed by atoms with Crippen molar-refractivity contribution < 1.29 is 9.84 Å². The number of nitrogens with zero attached hydrogens (tertiary/aromatic N) is 1. The molecule has 0 fully saturated rings. The number of aromatic nitrogens is 1. The van der Waals surface area contributed by atoms with E-state index in [4.69, 9.17) is 4.74 Å². The molecule has 2 N–H and O–H groups in total. The van der Waals surface area contributed by atoms with Gasteiger partial charge in [-0.1, -0.05) is 26.0 Å². The van der Waals surface area contributed by atoms with Crippen LogP contribution in [0, 0.1) is 0 Å². The molecule has 24 heavy (non-hydrogen) atoms. The number of hydrogen-bond donors (Lipinski definition) is 2. The Bertz CT molecular complexity index is 758. The van der Waals surface area contributed by atoms with Crippen molar-refractivity contribution in [2.75, 3.05) is 13.2 Å². The molecule has 1 atom stereocenters. The van der Waals surface area contributed by atoms with Crippen LogP contribution in [-0.2, 0) is 13.0 Å². The second-order valence-electron chi connectivity index (χ2n) is 6.44. The van der Waals surface area contributed by atoms with Gasteiger partial charge in [0.2, 0.25) is 0 Å². The molecule has 3 rings (SSSR count). The number of aliphatic hydroxyl groups is 1. The number of halogens is 1. The maximum absolute atomic E-state index is 12.3. The summed E-state index contributed by atoms with van der Waals surface area (Å²) >= 11 is 0. The number of hydrogen-bond acceptors (Lipinski definition) is 4. The Hall–Kier alpha value is -1.56. The molecule has 1 aromatic heterocycles. The zero-order valence-electron chi connectivity index (χ0n) is 14.1. The number of para-hydroxylation sites is 1. The monoisotopic (exact) mass is 352 g/mol. The van der Waals surface area contributed by atoms with Gasteiger partial charge in [0, 0.05) is 30.6 Å². The van der Waals surface area contributed by atoms with Gasteiger partial charge in [-0.2, -0.15) is 0 Å². The van der Waals surface area contributed by atoms with E-state index in [2.05, 4.69) is 11.4 Å². The van der Waals surface area contributed by atoms with Crippen molar-refractivity contribution in [1.82, 2.24) is 9.88 Å². The Morgan fingerprint density at radius 2 is 2.17 bits per heavy atom. The van der Waals surface area contributed by atoms with E-state index < -0.39 is 6.10 Å². The van der Waals surface area contributed by atoms with Crippen LogP contribution in [0.2, 0.25) is 0 Å². The Kier molecular flexibility index (Phi) is 6.27. The van der Waals surface area contributed by atoms with Gasteiger partial charge in [0.05, 0.1) is 5.52 Å². The molecule has 0 saturated carbocycles. The lowest BCUT2D eigenvalue weighted by molar-refractivity contribution is 0.105. The van der Waals surface area contributed by atoms with E-state index in [0.29, 0.717) is 18.3 Å². The highest BCUT2D eigenvalue weighted by molar-refractivity contribution is 5.88. The fourth-order valence-electron chi connectivity index (χ4n) is 3.07. The van der Waals surface area contributed by atoms with Crippen molar-refractivity contribution >= 4 is 23.3 Å². The third kappa shape index (κ3) is 3.91. The quantitative estimate of drug-likeness (QED) is 0.835. The van der Waals surface area contributed by atoms with Crippen LogP contribution in [0.1, 0.15) is 25.8 Å². The highest BCUT2D eigenvalue weighted by Gasteiger charge is 2.17. The lowest BCUT2D eigenvalue weighted by atomic mass is 10.0. The zero-order valence-corrected chi connectivity index (χ0v) is 14.9. The number of ether oxygens (including phenoxy) is 1. The molecule has 0 amide bonds. The molecule has 0 saturated heterocycles. The molecule has 0 bridgehead atoms. The first kappa shape index (κ1) is 18.8. The van der Waals surface area contributed by atoms with E-state index in [0.717, 1.165) is 30.3 Å². The lowest BCUT2D eigenvalue weighted by Gasteiger charge is -2.21. The van der Waals surface area contributed by atoms with Crippen molar-refractivity contribution in [2.24, 2.45) is 0 Å². The minimum atomic E-state index is -0.606. The summed E-state index contributed by atoms with van der Waals surface area (Å²) < 4.78 is 7.60. The van der Waals surface area contributed by atoms with Gasteiger partial charge in [0.25, 0.3) is 5.56 Å². The summed E-state index contributed by atoms with van der Waals surface area (Å²) in [5.41, 5.74) is 2.14. The third-order valence-electron chi connectivity index (χ3n) is 4.20. The van der Waals surface area contributed by atoms with Gasteiger partial charge in [-0.25, -0.2) is 0 Å². The van der Waals surface area contributed by atoms with Crippen LogP contribution in [0.3, 0.4) is 0 Å². The molecule has 2 heterocycles. The molecule has 0 aliphatic carbocycles. The molecular weight excluding hydrogens is 328 g/mol. The topological polar surface area (TPSA) is 63.5 Å². The number of benzene rings is 1. The van der Waals surface area contributed by atoms with Gasteiger partial charge in [-0.3, -0.25) is 4.79 Å². The summed E-state index contributed by atoms with van der Waals surface area (Å²) in [7, 11) is 0. The SMILES string of the molecule is CC(C)NCC(O)COc1cc(=O)n2c3c(cccc13)CCC2.Cl. The molecule has 5 nitrogen and oxygen atoms in total. The van der Waals surface area contributed by atoms with Crippen LogP contribution in [0.5, 0.6) is 5.75 Å².